The van der Waals surface area contributed by atoms with Gasteiger partial charge in [-0.1, -0.05) is 0 Å². The molecule has 1 aromatic rings. The number of halogens is 6. The van der Waals surface area contributed by atoms with Crippen molar-refractivity contribution in [2.24, 2.45) is 0 Å². The van der Waals surface area contributed by atoms with Gasteiger partial charge in [0.05, 0.1) is 30.9 Å². The Hall–Kier alpha value is -1.14. The van der Waals surface area contributed by atoms with E-state index in [1.165, 1.54) is 0 Å². The Labute approximate surface area is 140 Å². The van der Waals surface area contributed by atoms with Crippen LogP contribution in [0.2, 0.25) is 0 Å². The van der Waals surface area contributed by atoms with Gasteiger partial charge in [0.25, 0.3) is 0 Å². The fourth-order valence-electron chi connectivity index (χ4n) is 2.77. The van der Waals surface area contributed by atoms with Crippen LogP contribution in [0, 0.1) is 0 Å². The van der Waals surface area contributed by atoms with E-state index in [-0.39, 0.29) is 31.1 Å². The molecule has 0 radical (unpaired) electrons. The third-order valence-electron chi connectivity index (χ3n) is 4.04. The molecule has 0 spiro atoms. The average molecular weight is 387 g/mol. The minimum atomic E-state index is -4.93. The highest BCUT2D eigenvalue weighted by atomic mass is 28.4. The first-order valence-electron chi connectivity index (χ1n) is 7.54. The molecule has 0 aliphatic carbocycles. The first kappa shape index (κ1) is 18.6. The van der Waals surface area contributed by atoms with Crippen LogP contribution in [0.4, 0.5) is 26.3 Å². The summed E-state index contributed by atoms with van der Waals surface area (Å²) in [5.74, 6) is 0. The maximum Gasteiger partial charge on any atom is 0.537 e. The van der Waals surface area contributed by atoms with Crippen LogP contribution in [0.3, 0.4) is 0 Å². The molecular weight excluding hydrogens is 372 g/mol. The Morgan fingerprint density at radius 3 is 1.48 bits per heavy atom. The number of rotatable bonds is 1. The third kappa shape index (κ3) is 4.00. The fourth-order valence-corrected chi connectivity index (χ4v) is 5.26. The van der Waals surface area contributed by atoms with Gasteiger partial charge in [-0.3, -0.25) is 4.90 Å². The van der Waals surface area contributed by atoms with Gasteiger partial charge in [0.2, 0.25) is 0 Å². The molecule has 3 fully saturated rings. The predicted molar refractivity (Wildman–Crippen MR) is 76.1 cm³/mol. The molecule has 140 valence electrons. The highest BCUT2D eigenvalue weighted by molar-refractivity contribution is 6.75. The second-order valence-corrected chi connectivity index (χ2v) is 8.29. The van der Waals surface area contributed by atoms with Crippen LogP contribution < -0.4 is 5.19 Å². The number of hydrogen-bond donors (Lipinski definition) is 0. The van der Waals surface area contributed by atoms with Gasteiger partial charge < -0.3 is 13.3 Å². The number of nitrogens with zero attached hydrogens (tertiary/aromatic N) is 1. The zero-order valence-electron chi connectivity index (χ0n) is 12.9. The van der Waals surface area contributed by atoms with E-state index in [4.69, 9.17) is 13.3 Å². The van der Waals surface area contributed by atoms with Crippen molar-refractivity contribution in [2.75, 3.05) is 39.5 Å². The van der Waals surface area contributed by atoms with Crippen molar-refractivity contribution < 1.29 is 39.6 Å². The molecule has 3 saturated heterocycles. The minimum Gasteiger partial charge on any atom is -0.369 e. The molecule has 0 unspecified atom stereocenters. The summed E-state index contributed by atoms with van der Waals surface area (Å²) in [6.07, 6.45) is -9.86. The van der Waals surface area contributed by atoms with Crippen molar-refractivity contribution >= 4 is 14.0 Å². The smallest absolute Gasteiger partial charge is 0.369 e. The van der Waals surface area contributed by atoms with Gasteiger partial charge in [0.1, 0.15) is 0 Å². The molecule has 2 bridgehead atoms. The molecule has 11 heteroatoms. The Balaban J connectivity index is 2.10. The monoisotopic (exact) mass is 387 g/mol. The molecule has 0 N–H and O–H groups in total. The summed E-state index contributed by atoms with van der Waals surface area (Å²) >= 11 is 0. The highest BCUT2D eigenvalue weighted by Gasteiger charge is 2.49. The maximum atomic E-state index is 13.1. The van der Waals surface area contributed by atoms with Gasteiger partial charge in [-0.15, -0.1) is 0 Å². The lowest BCUT2D eigenvalue weighted by atomic mass is 10.1. The zero-order chi connectivity index (χ0) is 18.3. The minimum absolute atomic E-state index is 0.0854. The summed E-state index contributed by atoms with van der Waals surface area (Å²) in [5, 5.41) is -0.315. The van der Waals surface area contributed by atoms with E-state index in [1.807, 2.05) is 4.90 Å². The summed E-state index contributed by atoms with van der Waals surface area (Å²) in [6, 6.07) is 1.37. The lowest BCUT2D eigenvalue weighted by Crippen LogP contribution is -2.62. The molecule has 1 aromatic carbocycles. The topological polar surface area (TPSA) is 30.9 Å². The second-order valence-electron chi connectivity index (χ2n) is 5.74. The Bertz CT molecular complexity index is 577. The maximum absolute atomic E-state index is 13.1. The van der Waals surface area contributed by atoms with Crippen LogP contribution in [-0.2, 0) is 25.6 Å². The van der Waals surface area contributed by atoms with E-state index >= 15 is 0 Å². The molecule has 3 heterocycles. The molecule has 3 aliphatic rings. The fraction of sp³-hybridized carbons (Fsp3) is 0.571. The number of fused-ring (bicyclic) bond motifs is 6. The van der Waals surface area contributed by atoms with E-state index in [0.29, 0.717) is 31.8 Å². The van der Waals surface area contributed by atoms with Crippen LogP contribution in [-0.4, -0.2) is 53.2 Å². The van der Waals surface area contributed by atoms with Gasteiger partial charge >= 0.3 is 21.2 Å². The Kier molecular flexibility index (Phi) is 4.88. The Morgan fingerprint density at radius 2 is 1.12 bits per heavy atom. The van der Waals surface area contributed by atoms with Gasteiger partial charge in [0.15, 0.2) is 0 Å². The zero-order valence-corrected chi connectivity index (χ0v) is 13.9. The summed E-state index contributed by atoms with van der Waals surface area (Å²) in [7, 11) is -3.85. The lowest BCUT2D eigenvalue weighted by molar-refractivity contribution is -0.143. The SMILES string of the molecule is FC(F)(F)c1cc(C(F)(F)F)cc([Si]23OCCN(CCO2)CCO3)c1. The summed E-state index contributed by atoms with van der Waals surface area (Å²) < 4.78 is 95.3. The van der Waals surface area contributed by atoms with Crippen LogP contribution >= 0.6 is 0 Å². The van der Waals surface area contributed by atoms with Gasteiger partial charge in [0, 0.05) is 24.8 Å². The molecule has 4 rings (SSSR count). The molecule has 0 amide bonds. The first-order chi connectivity index (χ1) is 11.6. The second kappa shape index (κ2) is 6.54. The van der Waals surface area contributed by atoms with E-state index in [2.05, 4.69) is 0 Å². The van der Waals surface area contributed by atoms with Crippen molar-refractivity contribution in [3.8, 4) is 0 Å². The molecule has 0 aromatic heterocycles. The molecule has 4 nitrogen and oxygen atoms in total. The van der Waals surface area contributed by atoms with Crippen molar-refractivity contribution in [2.45, 2.75) is 12.4 Å². The van der Waals surface area contributed by atoms with E-state index in [0.717, 1.165) is 0 Å². The summed E-state index contributed by atoms with van der Waals surface area (Å²) in [5.41, 5.74) is -2.80. The van der Waals surface area contributed by atoms with Crippen LogP contribution in [0.5, 0.6) is 0 Å². The lowest BCUT2D eigenvalue weighted by Gasteiger charge is -2.38. The Morgan fingerprint density at radius 1 is 0.720 bits per heavy atom. The normalized spacial score (nSPS) is 28.3. The highest BCUT2D eigenvalue weighted by Crippen LogP contribution is 2.35. The van der Waals surface area contributed by atoms with Crippen molar-refractivity contribution in [1.82, 2.24) is 4.90 Å². The van der Waals surface area contributed by atoms with Gasteiger partial charge in [-0.2, -0.15) is 26.3 Å². The largest absolute Gasteiger partial charge is 0.537 e. The number of alkyl halides is 6. The quantitative estimate of drug-likeness (QED) is 0.547. The first-order valence-corrected chi connectivity index (χ1v) is 9.27. The van der Waals surface area contributed by atoms with Gasteiger partial charge in [-0.05, 0) is 18.2 Å². The third-order valence-corrected chi connectivity index (χ3v) is 6.79. The average Bonchev–Trinajstić information content (AvgIpc) is 2.43. The molecular formula is C14H15F6NO3Si. The van der Waals surface area contributed by atoms with Crippen LogP contribution in [0.15, 0.2) is 18.2 Å². The van der Waals surface area contributed by atoms with E-state index in [9.17, 15) is 26.3 Å². The summed E-state index contributed by atoms with van der Waals surface area (Å²) in [6.45, 7) is 1.91. The van der Waals surface area contributed by atoms with Crippen LogP contribution in [0.1, 0.15) is 11.1 Å². The van der Waals surface area contributed by atoms with Crippen molar-refractivity contribution in [1.29, 1.82) is 0 Å². The summed E-state index contributed by atoms with van der Waals surface area (Å²) in [4.78, 5) is 1.99. The molecule has 25 heavy (non-hydrogen) atoms. The molecule has 3 aliphatic heterocycles. The van der Waals surface area contributed by atoms with E-state index in [1.54, 1.807) is 0 Å². The van der Waals surface area contributed by atoms with Crippen molar-refractivity contribution in [3.63, 3.8) is 0 Å². The predicted octanol–water partition coefficient (Wildman–Crippen LogP) is 2.25. The number of benzene rings is 1. The molecule has 0 atom stereocenters. The van der Waals surface area contributed by atoms with E-state index < -0.39 is 32.3 Å². The number of hydrogen-bond acceptors (Lipinski definition) is 4. The van der Waals surface area contributed by atoms with Gasteiger partial charge in [-0.25, -0.2) is 0 Å². The van der Waals surface area contributed by atoms with Crippen molar-refractivity contribution in [3.05, 3.63) is 29.3 Å². The molecule has 0 saturated carbocycles. The van der Waals surface area contributed by atoms with Crippen LogP contribution in [0.25, 0.3) is 0 Å². The standard InChI is InChI=1S/C14H15F6NO3Si/c15-13(16,17)10-7-11(14(18,19)20)9-12(8-10)25-22-4-1-21(2-5-23-25)3-6-24-25/h7-9H,1-6H2.